The van der Waals surface area contributed by atoms with Crippen LogP contribution in [0.3, 0.4) is 0 Å². The number of amides is 4. The molecule has 0 aromatic heterocycles. The summed E-state index contributed by atoms with van der Waals surface area (Å²) in [7, 11) is 2.64. The van der Waals surface area contributed by atoms with Crippen LogP contribution in [0.15, 0.2) is 36.4 Å². The molecule has 0 spiro atoms. The highest BCUT2D eigenvalue weighted by molar-refractivity contribution is 9.08. The summed E-state index contributed by atoms with van der Waals surface area (Å²) in [6.45, 7) is 10.2. The van der Waals surface area contributed by atoms with Crippen LogP contribution in [0.5, 0.6) is 0 Å². The smallest absolute Gasteiger partial charge is 0.305 e. The Kier molecular flexibility index (Phi) is 29.1. The number of esters is 2. The lowest BCUT2D eigenvalue weighted by atomic mass is 9.92. The molecule has 0 aliphatic carbocycles. The number of ether oxygens (including phenoxy) is 2. The van der Waals surface area contributed by atoms with Crippen molar-refractivity contribution in [2.24, 2.45) is 23.7 Å². The Bertz CT molecular complexity index is 1750. The number of aliphatic hydroxyl groups excluding tert-OH is 2. The number of anilines is 2. The minimum Gasteiger partial charge on any atom is -0.469 e. The highest BCUT2D eigenvalue weighted by atomic mass is 79.9. The lowest BCUT2D eigenvalue weighted by Gasteiger charge is -2.23. The van der Waals surface area contributed by atoms with Gasteiger partial charge in [-0.2, -0.15) is 0 Å². The van der Waals surface area contributed by atoms with Crippen molar-refractivity contribution < 1.29 is 58.0 Å². The van der Waals surface area contributed by atoms with Gasteiger partial charge in [-0.3, -0.25) is 38.4 Å². The van der Waals surface area contributed by atoms with Crippen LogP contribution < -0.4 is 21.3 Å². The molecule has 16 nitrogen and oxygen atoms in total. The zero-order valence-corrected chi connectivity index (χ0v) is 42.7. The van der Waals surface area contributed by atoms with E-state index < -0.39 is 23.9 Å². The van der Waals surface area contributed by atoms with Gasteiger partial charge in [0.2, 0.25) is 23.6 Å². The van der Waals surface area contributed by atoms with E-state index in [-0.39, 0.29) is 111 Å². The van der Waals surface area contributed by atoms with Crippen molar-refractivity contribution >= 4 is 90.4 Å². The molecule has 0 aliphatic rings. The Morgan fingerprint density at radius 3 is 1.14 bits per heavy atom. The van der Waals surface area contributed by atoms with Crippen molar-refractivity contribution in [3.05, 3.63) is 58.7 Å². The fourth-order valence-corrected chi connectivity index (χ4v) is 7.27. The number of rotatable bonds is 28. The molecule has 0 aliphatic heterocycles. The SMILES string of the molecule is COC(=O)CCCCC(=O)N[C@H](C(=O)C[C@@H](C)C(=O)Nc1cc(CBr)cc(CBr)c1)C(C)C.COC(=O)CCCCC(=O)N[C@H](C(=O)C[C@@H](C)C(=O)Nc1cc(CO)cc(CO)c1)C(C)C. The lowest BCUT2D eigenvalue weighted by Crippen LogP contribution is -2.45. The van der Waals surface area contributed by atoms with Crippen molar-refractivity contribution in [2.75, 3.05) is 24.9 Å². The third-order valence-corrected chi connectivity index (χ3v) is 11.7. The van der Waals surface area contributed by atoms with Crippen molar-refractivity contribution in [1.29, 1.82) is 0 Å². The molecule has 0 unspecified atom stereocenters. The number of hydrogen-bond donors (Lipinski definition) is 6. The molecule has 4 atom stereocenters. The van der Waals surface area contributed by atoms with Gasteiger partial charge in [-0.1, -0.05) is 85.5 Å². The van der Waals surface area contributed by atoms with Gasteiger partial charge in [0.1, 0.15) is 0 Å². The van der Waals surface area contributed by atoms with Crippen LogP contribution in [0.2, 0.25) is 0 Å². The van der Waals surface area contributed by atoms with Crippen LogP contribution in [0.25, 0.3) is 0 Å². The average molecular weight is 1050 g/mol. The molecule has 6 N–H and O–H groups in total. The van der Waals surface area contributed by atoms with E-state index in [1.165, 1.54) is 14.2 Å². The number of hydrogen-bond acceptors (Lipinski definition) is 12. The number of carbonyl (C=O) groups is 8. The van der Waals surface area contributed by atoms with Crippen molar-refractivity contribution in [3.8, 4) is 0 Å². The van der Waals surface area contributed by atoms with Crippen molar-refractivity contribution in [1.82, 2.24) is 10.6 Å². The molecule has 2 aromatic carbocycles. The summed E-state index contributed by atoms with van der Waals surface area (Å²) in [4.78, 5) is 97.8. The van der Waals surface area contributed by atoms with E-state index in [1.54, 1.807) is 32.0 Å². The molecule has 18 heteroatoms. The van der Waals surface area contributed by atoms with E-state index in [2.05, 4.69) is 62.6 Å². The van der Waals surface area contributed by atoms with Gasteiger partial charge in [0.25, 0.3) is 0 Å². The van der Waals surface area contributed by atoms with E-state index >= 15 is 0 Å². The van der Waals surface area contributed by atoms with E-state index in [9.17, 15) is 48.6 Å². The van der Waals surface area contributed by atoms with Crippen LogP contribution in [-0.2, 0) is 71.7 Å². The lowest BCUT2D eigenvalue weighted by molar-refractivity contribution is -0.141. The third kappa shape index (κ3) is 23.3. The van der Waals surface area contributed by atoms with E-state index in [1.807, 2.05) is 45.9 Å². The molecule has 0 saturated carbocycles. The first-order chi connectivity index (χ1) is 31.2. The van der Waals surface area contributed by atoms with Crippen molar-refractivity contribution in [3.63, 3.8) is 0 Å². The molecular weight excluding hydrogens is 984 g/mol. The number of carbonyl (C=O) groups excluding carboxylic acids is 8. The number of aliphatic hydroxyl groups is 2. The zero-order chi connectivity index (χ0) is 49.9. The summed E-state index contributed by atoms with van der Waals surface area (Å²) < 4.78 is 9.14. The maximum absolute atomic E-state index is 12.9. The third-order valence-electron chi connectivity index (χ3n) is 10.4. The van der Waals surface area contributed by atoms with Crippen LogP contribution in [0, 0.1) is 23.7 Å². The number of methoxy groups -OCH3 is 2. The van der Waals surface area contributed by atoms with Gasteiger partial charge >= 0.3 is 11.9 Å². The van der Waals surface area contributed by atoms with E-state index in [0.717, 1.165) is 11.1 Å². The zero-order valence-electron chi connectivity index (χ0n) is 39.6. The van der Waals surface area contributed by atoms with E-state index in [4.69, 9.17) is 0 Å². The monoisotopic (exact) mass is 1050 g/mol. The number of benzene rings is 2. The number of unbranched alkanes of at least 4 members (excludes halogenated alkanes) is 2. The Balaban J connectivity index is 0.000000660. The van der Waals surface area contributed by atoms with Gasteiger partial charge < -0.3 is 41.0 Å². The number of halogens is 2. The summed E-state index contributed by atoms with van der Waals surface area (Å²) >= 11 is 6.87. The maximum atomic E-state index is 12.9. The standard InChI is InChI=1S/C24H34Br2N2O5.C24H36N2O7/c1-15(2)23(28-21(30)7-5-6-8-22(31)33-4)20(29)9-16(3)24(32)27-19-11-17(13-25)10-18(12-19)14-26;1-15(2)23(26-21(30)7-5-6-8-22(31)33-4)20(29)9-16(3)24(32)25-19-11-17(13-27)10-18(12-19)14-28/h10-12,15-16,23H,5-9,13-14H2,1-4H3,(H,27,32)(H,28,30);10-12,15-16,23,27-28H,5-9,13-14H2,1-4H3,(H,25,32)(H,26,30)/t2*16-,23+/m11/s1. The number of ketones is 2. The summed E-state index contributed by atoms with van der Waals surface area (Å²) in [6.07, 6.45) is 3.00. The van der Waals surface area contributed by atoms with Crippen LogP contribution >= 0.6 is 31.9 Å². The van der Waals surface area contributed by atoms with Gasteiger partial charge in [0.15, 0.2) is 11.6 Å². The molecule has 2 aromatic rings. The maximum Gasteiger partial charge on any atom is 0.305 e. The number of Topliss-reactive ketones (excluding diaryl/α,β-unsaturated/α-hetero) is 2. The molecular formula is C48H70Br2N4O12. The summed E-state index contributed by atoms with van der Waals surface area (Å²) in [5.41, 5.74) is 4.30. The minimum atomic E-state index is -0.716. The Hall–Kier alpha value is -4.52. The summed E-state index contributed by atoms with van der Waals surface area (Å²) in [5.74, 6) is -3.63. The Morgan fingerprint density at radius 2 is 0.833 bits per heavy atom. The Labute approximate surface area is 406 Å². The fourth-order valence-electron chi connectivity index (χ4n) is 6.62. The fraction of sp³-hybridized carbons (Fsp3) is 0.583. The van der Waals surface area contributed by atoms with Crippen molar-refractivity contribution in [2.45, 2.75) is 142 Å². The molecule has 0 bridgehead atoms. The molecule has 2 rings (SSSR count). The first-order valence-corrected chi connectivity index (χ1v) is 24.4. The molecule has 4 amide bonds. The molecule has 0 radical (unpaired) electrons. The molecule has 66 heavy (non-hydrogen) atoms. The normalized spacial score (nSPS) is 12.7. The summed E-state index contributed by atoms with van der Waals surface area (Å²) in [6, 6.07) is 9.28. The average Bonchev–Trinajstić information content (AvgIpc) is 3.29. The van der Waals surface area contributed by atoms with Gasteiger partial charge in [0, 0.05) is 72.4 Å². The van der Waals surface area contributed by atoms with Crippen LogP contribution in [-0.4, -0.2) is 83.7 Å². The van der Waals surface area contributed by atoms with Crippen LogP contribution in [0.4, 0.5) is 11.4 Å². The molecule has 368 valence electrons. The predicted octanol–water partition coefficient (Wildman–Crippen LogP) is 6.96. The van der Waals surface area contributed by atoms with Crippen LogP contribution in [0.1, 0.15) is 128 Å². The second kappa shape index (κ2) is 32.2. The molecule has 0 saturated heterocycles. The second-order valence-corrected chi connectivity index (χ2v) is 18.0. The first kappa shape index (κ1) is 59.5. The molecule has 0 fully saturated rings. The quantitative estimate of drug-likeness (QED) is 0.0288. The van der Waals surface area contributed by atoms with Gasteiger partial charge in [-0.15, -0.1) is 0 Å². The topological polar surface area (TPSA) is 244 Å². The molecule has 0 heterocycles. The predicted molar refractivity (Wildman–Crippen MR) is 259 cm³/mol. The van der Waals surface area contributed by atoms with Gasteiger partial charge in [-0.25, -0.2) is 0 Å². The Morgan fingerprint density at radius 1 is 0.515 bits per heavy atom. The van der Waals surface area contributed by atoms with Gasteiger partial charge in [-0.05, 0) is 84.0 Å². The van der Waals surface area contributed by atoms with E-state index in [0.29, 0.717) is 58.8 Å². The second-order valence-electron chi connectivity index (χ2n) is 16.9. The summed E-state index contributed by atoms with van der Waals surface area (Å²) in [5, 5.41) is 31.2. The van der Waals surface area contributed by atoms with Gasteiger partial charge in [0.05, 0.1) is 39.5 Å². The number of alkyl halides is 2. The highest BCUT2D eigenvalue weighted by Gasteiger charge is 2.29. The minimum absolute atomic E-state index is 0.0285. The first-order valence-electron chi connectivity index (χ1n) is 22.2. The largest absolute Gasteiger partial charge is 0.469 e. The highest BCUT2D eigenvalue weighted by Crippen LogP contribution is 2.22. The number of nitrogens with one attached hydrogen (secondary N) is 4.